The SMILES string of the molecule is CC(C)CCC[C@@H](C)[C@H]1CC[C@H]2[C@@H]3CC=C4CC(OC(=O)CCCSC5=C(SCCCC(=O)OC6CC[C@@]7(C)C(=CC[C@H]8[C@@H]9CC[C@H]([C@H](C)CCCC(C)C)[C@@]9(C)CC[C@@H]87)C6)SC(=C6SC=CS6)S5)CC[C@]4(C)[C@H]3CC[C@]12C. The molecule has 0 aromatic rings. The molecule has 2 unspecified atom stereocenters. The maximum absolute atomic E-state index is 13.5. The van der Waals surface area contributed by atoms with Crippen LogP contribution in [-0.2, 0) is 19.1 Å². The van der Waals surface area contributed by atoms with E-state index >= 15 is 0 Å². The van der Waals surface area contributed by atoms with Crippen molar-refractivity contribution in [1.82, 2.24) is 0 Å². The number of carbonyl (C=O) groups excluding carboxylic acids is 2. The van der Waals surface area contributed by atoms with Gasteiger partial charge in [0.15, 0.2) is 0 Å². The highest BCUT2D eigenvalue weighted by Gasteiger charge is 2.61. The lowest BCUT2D eigenvalue weighted by molar-refractivity contribution is -0.152. The maximum atomic E-state index is 13.5. The van der Waals surface area contributed by atoms with Crippen molar-refractivity contribution in [2.24, 2.45) is 92.7 Å². The highest BCUT2D eigenvalue weighted by molar-refractivity contribution is 8.42. The Hall–Kier alpha value is -0.260. The molecule has 0 amide bonds. The summed E-state index contributed by atoms with van der Waals surface area (Å²) in [5, 5.41) is 4.37. The highest BCUT2D eigenvalue weighted by atomic mass is 32.3. The molecule has 10 aliphatic rings. The zero-order chi connectivity index (χ0) is 55.0. The third-order valence-corrected chi connectivity index (χ3v) is 32.1. The van der Waals surface area contributed by atoms with Gasteiger partial charge in [0.1, 0.15) is 12.2 Å². The molecule has 2 aliphatic heterocycles. The Kier molecular flexibility index (Phi) is 20.4. The molecule has 16 atom stereocenters. The van der Waals surface area contributed by atoms with Gasteiger partial charge in [0, 0.05) is 25.7 Å². The van der Waals surface area contributed by atoms with Crippen LogP contribution in [0.25, 0.3) is 0 Å². The minimum Gasteiger partial charge on any atom is -0.462 e. The Labute approximate surface area is 501 Å². The molecule has 0 saturated heterocycles. The van der Waals surface area contributed by atoms with Crippen molar-refractivity contribution >= 4 is 82.5 Å². The Morgan fingerprint density at radius 3 is 1.40 bits per heavy atom. The topological polar surface area (TPSA) is 52.6 Å². The van der Waals surface area contributed by atoms with E-state index in [2.05, 4.69) is 92.2 Å². The summed E-state index contributed by atoms with van der Waals surface area (Å²) >= 11 is 11.3. The van der Waals surface area contributed by atoms with E-state index in [0.29, 0.717) is 23.7 Å². The average Bonchev–Trinajstić information content (AvgIpc) is 4.34. The molecule has 0 N–H and O–H groups in total. The summed E-state index contributed by atoms with van der Waals surface area (Å²) in [6, 6.07) is 0. The number of thioether (sulfide) groups is 6. The standard InChI is InChI=1S/C68H104O4S6/c1-43(2)15-11-17-45(5)53-25-27-55-51-23-21-47-41-49(29-33-65(47,7)57(51)31-35-67(53,55)9)71-59(69)19-13-37-73-62-63(78-64(77-62)61-75-39-40-76-61)74-38-14-20-60(70)72-50-30-34-66(8)48(42-50)22-24-52-56-28-26-54(46(6)18-12-16-44(3)4)68(56,10)36-32-58(52)66/h21-22,39-40,43-46,49-58H,11-20,23-38,41-42H2,1-10H3/t45-,46-,49?,50?,51+,52+,53-,54-,55+,56+,57+,58+,65+,66+,67-,68-/m1/s1. The van der Waals surface area contributed by atoms with Crippen LogP contribution in [0.5, 0.6) is 0 Å². The minimum absolute atomic E-state index is 0.0131. The molecule has 0 bridgehead atoms. The fourth-order valence-corrected chi connectivity index (χ4v) is 27.6. The molecular formula is C68H104O4S6. The average molecular weight is 1180 g/mol. The van der Waals surface area contributed by atoms with Crippen LogP contribution in [0.4, 0.5) is 0 Å². The zero-order valence-electron chi connectivity index (χ0n) is 50.3. The molecule has 78 heavy (non-hydrogen) atoms. The van der Waals surface area contributed by atoms with E-state index in [0.717, 1.165) is 121 Å². The smallest absolute Gasteiger partial charge is 0.306 e. The quantitative estimate of drug-likeness (QED) is 0.0595. The summed E-state index contributed by atoms with van der Waals surface area (Å²) in [5.41, 5.74) is 4.79. The summed E-state index contributed by atoms with van der Waals surface area (Å²) in [4.78, 5) is 26.9. The van der Waals surface area contributed by atoms with Crippen LogP contribution < -0.4 is 0 Å². The van der Waals surface area contributed by atoms with E-state index in [1.165, 1.54) is 133 Å². The second-order valence-electron chi connectivity index (χ2n) is 29.1. The number of allylic oxidation sites excluding steroid dienone is 2. The monoisotopic (exact) mass is 1180 g/mol. The van der Waals surface area contributed by atoms with Gasteiger partial charge in [-0.1, -0.05) is 178 Å². The maximum Gasteiger partial charge on any atom is 0.306 e. The zero-order valence-corrected chi connectivity index (χ0v) is 55.2. The van der Waals surface area contributed by atoms with Gasteiger partial charge in [-0.2, -0.15) is 0 Å². The predicted molar refractivity (Wildman–Crippen MR) is 343 cm³/mol. The summed E-state index contributed by atoms with van der Waals surface area (Å²) in [7, 11) is 0. The van der Waals surface area contributed by atoms with Gasteiger partial charge >= 0.3 is 11.9 Å². The summed E-state index contributed by atoms with van der Waals surface area (Å²) in [6.07, 6.45) is 36.4. The molecule has 0 aromatic carbocycles. The lowest BCUT2D eigenvalue weighted by atomic mass is 9.47. The largest absolute Gasteiger partial charge is 0.462 e. The van der Waals surface area contributed by atoms with Crippen LogP contribution in [0.15, 0.2) is 51.1 Å². The Morgan fingerprint density at radius 2 is 0.974 bits per heavy atom. The number of fused-ring (bicyclic) bond motifs is 10. The molecule has 10 rings (SSSR count). The van der Waals surface area contributed by atoms with Crippen LogP contribution >= 0.6 is 70.6 Å². The van der Waals surface area contributed by atoms with E-state index in [9.17, 15) is 9.59 Å². The molecule has 436 valence electrons. The highest BCUT2D eigenvalue weighted by Crippen LogP contribution is 2.70. The molecular weight excluding hydrogens is 1070 g/mol. The van der Waals surface area contributed by atoms with E-state index in [1.807, 2.05) is 70.6 Å². The van der Waals surface area contributed by atoms with Crippen LogP contribution in [0.1, 0.15) is 236 Å². The van der Waals surface area contributed by atoms with Crippen LogP contribution in [-0.4, -0.2) is 35.7 Å². The van der Waals surface area contributed by atoms with Crippen molar-refractivity contribution < 1.29 is 19.1 Å². The van der Waals surface area contributed by atoms with Crippen molar-refractivity contribution in [3.63, 3.8) is 0 Å². The van der Waals surface area contributed by atoms with Gasteiger partial charge in [0.05, 0.1) is 16.9 Å². The van der Waals surface area contributed by atoms with Crippen LogP contribution in [0, 0.1) is 92.7 Å². The van der Waals surface area contributed by atoms with Crippen LogP contribution in [0.3, 0.4) is 0 Å². The Bertz CT molecular complexity index is 2150. The van der Waals surface area contributed by atoms with E-state index in [1.54, 1.807) is 11.1 Å². The first-order chi connectivity index (χ1) is 37.4. The molecule has 0 spiro atoms. The van der Waals surface area contributed by atoms with Crippen molar-refractivity contribution in [2.45, 2.75) is 248 Å². The van der Waals surface area contributed by atoms with Gasteiger partial charge in [-0.3, -0.25) is 9.59 Å². The van der Waals surface area contributed by atoms with Gasteiger partial charge in [-0.05, 0) is 218 Å². The fraction of sp³-hybridized carbons (Fsp3) is 0.824. The van der Waals surface area contributed by atoms with Gasteiger partial charge in [0.2, 0.25) is 0 Å². The fourth-order valence-electron chi connectivity index (χ4n) is 19.6. The third-order valence-electron chi connectivity index (χ3n) is 23.7. The van der Waals surface area contributed by atoms with E-state index in [-0.39, 0.29) is 35.0 Å². The first-order valence-electron chi connectivity index (χ1n) is 32.3. The predicted octanol–water partition coefficient (Wildman–Crippen LogP) is 21.6. The van der Waals surface area contributed by atoms with Crippen LogP contribution in [0.2, 0.25) is 0 Å². The molecule has 8 aliphatic carbocycles. The van der Waals surface area contributed by atoms with Gasteiger partial charge in [-0.15, -0.1) is 23.5 Å². The minimum atomic E-state index is -0.0131. The second kappa shape index (κ2) is 26.2. The second-order valence-corrected chi connectivity index (χ2v) is 36.2. The van der Waals surface area contributed by atoms with Gasteiger partial charge in [-0.25, -0.2) is 0 Å². The number of rotatable bonds is 22. The summed E-state index contributed by atoms with van der Waals surface area (Å²) in [5.74, 6) is 11.9. The Balaban J connectivity index is 0.651. The van der Waals surface area contributed by atoms with Crippen molar-refractivity contribution in [1.29, 1.82) is 0 Å². The third kappa shape index (κ3) is 13.0. The van der Waals surface area contributed by atoms with Crippen molar-refractivity contribution in [3.8, 4) is 0 Å². The van der Waals surface area contributed by atoms with Gasteiger partial charge in [0.25, 0.3) is 0 Å². The van der Waals surface area contributed by atoms with Crippen molar-refractivity contribution in [3.05, 3.63) is 51.1 Å². The molecule has 10 heteroatoms. The first-order valence-corrected chi connectivity index (χ1v) is 37.6. The molecule has 0 radical (unpaired) electrons. The molecule has 6 saturated carbocycles. The Morgan fingerprint density at radius 1 is 0.538 bits per heavy atom. The number of hydrogen-bond donors (Lipinski definition) is 0. The van der Waals surface area contributed by atoms with Gasteiger partial charge < -0.3 is 9.47 Å². The molecule has 2 heterocycles. The number of ether oxygens (including phenoxy) is 2. The van der Waals surface area contributed by atoms with Crippen molar-refractivity contribution in [2.75, 3.05) is 11.5 Å². The normalized spacial score (nSPS) is 38.8. The first kappa shape index (κ1) is 60.8. The summed E-state index contributed by atoms with van der Waals surface area (Å²) < 4.78 is 18.1. The lowest BCUT2D eigenvalue weighted by Crippen LogP contribution is -2.51. The van der Waals surface area contributed by atoms with E-state index in [4.69, 9.17) is 9.47 Å². The van der Waals surface area contributed by atoms with E-state index < -0.39 is 0 Å². The molecule has 0 aromatic heterocycles. The number of hydrogen-bond acceptors (Lipinski definition) is 10. The summed E-state index contributed by atoms with van der Waals surface area (Å²) in [6.45, 7) is 25.3. The molecule has 4 nitrogen and oxygen atoms in total. The number of esters is 2. The lowest BCUT2D eigenvalue weighted by Gasteiger charge is -2.58. The number of carbonyl (C=O) groups is 2. The molecule has 6 fully saturated rings.